The maximum atomic E-state index is 13.9. The average Bonchev–Trinajstić information content (AvgIpc) is 3.16. The van der Waals surface area contributed by atoms with E-state index in [9.17, 15) is 14.0 Å². The van der Waals surface area contributed by atoms with E-state index in [1.54, 1.807) is 17.0 Å². The van der Waals surface area contributed by atoms with Crippen molar-refractivity contribution >= 4 is 23.5 Å². The van der Waals surface area contributed by atoms with Gasteiger partial charge in [0.2, 0.25) is 5.91 Å². The van der Waals surface area contributed by atoms with Gasteiger partial charge in [-0.05, 0) is 53.8 Å². The molecule has 3 aromatic carbocycles. The number of rotatable bonds is 10. The molecule has 7 heteroatoms. The van der Waals surface area contributed by atoms with Gasteiger partial charge >= 0.3 is 5.97 Å². The first-order valence-corrected chi connectivity index (χ1v) is 12.4. The fourth-order valence-electron chi connectivity index (χ4n) is 4.65. The molecule has 1 unspecified atom stereocenters. The van der Waals surface area contributed by atoms with Gasteiger partial charge in [0, 0.05) is 25.9 Å². The second-order valence-corrected chi connectivity index (χ2v) is 9.94. The van der Waals surface area contributed by atoms with Crippen LogP contribution in [0, 0.1) is 5.82 Å². The molecule has 4 rings (SSSR count). The number of ether oxygens (including phenoxy) is 1. The molecule has 1 amide bonds. The van der Waals surface area contributed by atoms with Crippen LogP contribution < -0.4 is 4.74 Å². The normalized spacial score (nSPS) is 16.3. The van der Waals surface area contributed by atoms with Crippen molar-refractivity contribution in [2.45, 2.75) is 44.6 Å². The molecule has 3 aromatic rings. The first-order chi connectivity index (χ1) is 17.2. The Morgan fingerprint density at radius 3 is 2.50 bits per heavy atom. The van der Waals surface area contributed by atoms with Crippen LogP contribution in [-0.4, -0.2) is 40.6 Å². The zero-order valence-electron chi connectivity index (χ0n) is 20.2. The number of amides is 1. The smallest absolute Gasteiger partial charge is 0.305 e. The molecule has 1 heterocycles. The van der Waals surface area contributed by atoms with Crippen molar-refractivity contribution in [1.29, 1.82) is 0 Å². The van der Waals surface area contributed by atoms with Crippen LogP contribution in [0.25, 0.3) is 0 Å². The second kappa shape index (κ2) is 11.1. The summed E-state index contributed by atoms with van der Waals surface area (Å²) in [6, 6.07) is 20.3. The van der Waals surface area contributed by atoms with Gasteiger partial charge < -0.3 is 14.7 Å². The fourth-order valence-corrected chi connectivity index (χ4v) is 4.77. The largest absolute Gasteiger partial charge is 0.487 e. The van der Waals surface area contributed by atoms with Gasteiger partial charge in [-0.3, -0.25) is 9.59 Å². The fraction of sp³-hybridized carbons (Fsp3) is 0.310. The van der Waals surface area contributed by atoms with Crippen LogP contribution in [0.3, 0.4) is 0 Å². The number of fused-ring (bicyclic) bond motifs is 1. The molecule has 0 radical (unpaired) electrons. The Morgan fingerprint density at radius 1 is 1.03 bits per heavy atom. The lowest BCUT2D eigenvalue weighted by Crippen LogP contribution is -2.36. The summed E-state index contributed by atoms with van der Waals surface area (Å²) in [6.45, 7) is 2.62. The van der Waals surface area contributed by atoms with E-state index in [0.29, 0.717) is 25.8 Å². The zero-order chi connectivity index (χ0) is 25.7. The summed E-state index contributed by atoms with van der Waals surface area (Å²) in [5, 5.41) is 9.22. The number of halogens is 2. The van der Waals surface area contributed by atoms with Crippen LogP contribution in [0.15, 0.2) is 66.7 Å². The highest BCUT2D eigenvalue weighted by atomic mass is 35.5. The van der Waals surface area contributed by atoms with Gasteiger partial charge in [-0.25, -0.2) is 4.39 Å². The van der Waals surface area contributed by atoms with Gasteiger partial charge in [0.15, 0.2) is 0 Å². The van der Waals surface area contributed by atoms with E-state index < -0.39 is 17.4 Å². The van der Waals surface area contributed by atoms with Crippen molar-refractivity contribution in [2.75, 3.05) is 13.1 Å². The number of carbonyl (C=O) groups is 2. The van der Waals surface area contributed by atoms with Crippen molar-refractivity contribution in [3.05, 3.63) is 99.8 Å². The molecule has 0 fully saturated rings. The van der Waals surface area contributed by atoms with E-state index in [-0.39, 0.29) is 30.3 Å². The van der Waals surface area contributed by atoms with E-state index in [4.69, 9.17) is 21.4 Å². The van der Waals surface area contributed by atoms with Crippen LogP contribution in [0.5, 0.6) is 5.75 Å². The molecule has 0 aromatic heterocycles. The van der Waals surface area contributed by atoms with Crippen LogP contribution in [0.2, 0.25) is 5.02 Å². The van der Waals surface area contributed by atoms with E-state index >= 15 is 0 Å². The Kier molecular flexibility index (Phi) is 7.94. The van der Waals surface area contributed by atoms with Crippen molar-refractivity contribution < 1.29 is 23.8 Å². The Bertz CT molecular complexity index is 1250. The molecule has 0 aliphatic carbocycles. The Morgan fingerprint density at radius 2 is 1.78 bits per heavy atom. The van der Waals surface area contributed by atoms with Gasteiger partial charge in [0.25, 0.3) is 0 Å². The van der Waals surface area contributed by atoms with Crippen molar-refractivity contribution in [3.8, 4) is 5.75 Å². The standard InChI is InChI=1S/C29H29ClFNO4/c1-29(18-22-7-9-24(30)25(31)16-22)19-23-15-21(8-10-26(23)36-29)17-27(33)32(14-12-28(34)35)13-11-20-5-3-2-4-6-20/h2-10,15-16H,11-14,17-19H2,1H3,(H,34,35). The van der Waals surface area contributed by atoms with Crippen molar-refractivity contribution in [3.63, 3.8) is 0 Å². The number of hydrogen-bond donors (Lipinski definition) is 1. The first-order valence-electron chi connectivity index (χ1n) is 12.0. The molecule has 1 N–H and O–H groups in total. The SMILES string of the molecule is CC1(Cc2ccc(Cl)c(F)c2)Cc2cc(CC(=O)N(CCC(=O)O)CCc3ccccc3)ccc2O1. The lowest BCUT2D eigenvalue weighted by atomic mass is 9.91. The van der Waals surface area contributed by atoms with E-state index in [2.05, 4.69) is 0 Å². The van der Waals surface area contributed by atoms with Crippen LogP contribution >= 0.6 is 11.6 Å². The van der Waals surface area contributed by atoms with Crippen LogP contribution in [-0.2, 0) is 35.3 Å². The second-order valence-electron chi connectivity index (χ2n) is 9.53. The molecule has 1 aliphatic heterocycles. The Balaban J connectivity index is 1.41. The predicted octanol–water partition coefficient (Wildman–Crippen LogP) is 5.50. The van der Waals surface area contributed by atoms with Crippen LogP contribution in [0.4, 0.5) is 4.39 Å². The van der Waals surface area contributed by atoms with Gasteiger partial charge in [0.05, 0.1) is 17.9 Å². The van der Waals surface area contributed by atoms with Gasteiger partial charge in [-0.1, -0.05) is 60.1 Å². The van der Waals surface area contributed by atoms with Gasteiger partial charge in [-0.15, -0.1) is 0 Å². The molecule has 5 nitrogen and oxygen atoms in total. The average molecular weight is 510 g/mol. The molecule has 0 saturated heterocycles. The molecule has 1 atom stereocenters. The maximum Gasteiger partial charge on any atom is 0.305 e. The van der Waals surface area contributed by atoms with Crippen molar-refractivity contribution in [2.24, 2.45) is 0 Å². The maximum absolute atomic E-state index is 13.9. The summed E-state index contributed by atoms with van der Waals surface area (Å²) >= 11 is 5.81. The van der Waals surface area contributed by atoms with Crippen molar-refractivity contribution in [1.82, 2.24) is 4.90 Å². The third-order valence-electron chi connectivity index (χ3n) is 6.42. The van der Waals surface area contributed by atoms with E-state index in [1.165, 1.54) is 6.07 Å². The number of aliphatic carboxylic acids is 1. The quantitative estimate of drug-likeness (QED) is 0.391. The monoisotopic (exact) mass is 509 g/mol. The lowest BCUT2D eigenvalue weighted by Gasteiger charge is -2.24. The number of nitrogens with zero attached hydrogens (tertiary/aromatic N) is 1. The Labute approximate surface area is 215 Å². The minimum Gasteiger partial charge on any atom is -0.487 e. The summed E-state index contributed by atoms with van der Waals surface area (Å²) in [6.07, 6.45) is 1.90. The number of carboxylic acid groups (broad SMARTS) is 1. The summed E-state index contributed by atoms with van der Waals surface area (Å²) in [5.74, 6) is -0.726. The molecule has 1 aliphatic rings. The molecule has 0 saturated carbocycles. The molecule has 0 spiro atoms. The van der Waals surface area contributed by atoms with Gasteiger partial charge in [0.1, 0.15) is 17.2 Å². The molecule has 188 valence electrons. The summed E-state index contributed by atoms with van der Waals surface area (Å²) in [5.41, 5.74) is 3.21. The Hall–Kier alpha value is -3.38. The molecular weight excluding hydrogens is 481 g/mol. The minimum absolute atomic E-state index is 0.0926. The first kappa shape index (κ1) is 25.7. The molecule has 36 heavy (non-hydrogen) atoms. The van der Waals surface area contributed by atoms with E-state index in [1.807, 2.05) is 55.5 Å². The number of hydrogen-bond acceptors (Lipinski definition) is 3. The topological polar surface area (TPSA) is 66.8 Å². The minimum atomic E-state index is -0.929. The predicted molar refractivity (Wildman–Crippen MR) is 137 cm³/mol. The van der Waals surface area contributed by atoms with Gasteiger partial charge in [-0.2, -0.15) is 0 Å². The third-order valence-corrected chi connectivity index (χ3v) is 6.73. The number of carboxylic acids is 1. The summed E-state index contributed by atoms with van der Waals surface area (Å²) in [7, 11) is 0. The highest BCUT2D eigenvalue weighted by Gasteiger charge is 2.35. The highest BCUT2D eigenvalue weighted by Crippen LogP contribution is 2.38. The summed E-state index contributed by atoms with van der Waals surface area (Å²) in [4.78, 5) is 25.9. The molecular formula is C29H29ClFNO4. The van der Waals surface area contributed by atoms with E-state index in [0.717, 1.165) is 28.0 Å². The lowest BCUT2D eigenvalue weighted by molar-refractivity contribution is -0.138. The third kappa shape index (κ3) is 6.64. The highest BCUT2D eigenvalue weighted by molar-refractivity contribution is 6.30. The van der Waals surface area contributed by atoms with Crippen LogP contribution in [0.1, 0.15) is 35.6 Å². The number of carbonyl (C=O) groups excluding carboxylic acids is 1. The zero-order valence-corrected chi connectivity index (χ0v) is 20.9. The molecule has 0 bridgehead atoms. The summed E-state index contributed by atoms with van der Waals surface area (Å²) < 4.78 is 20.1. The number of benzene rings is 3.